The summed E-state index contributed by atoms with van der Waals surface area (Å²) in [5.74, 6) is 1.72. The molecular weight excluding hydrogens is 413 g/mol. The molecule has 5 rings (SSSR count). The first-order valence-corrected chi connectivity index (χ1v) is 11.5. The number of aromatic hydroxyl groups is 1. The Morgan fingerprint density at radius 3 is 2.47 bits per heavy atom. The molecule has 2 N–H and O–H groups in total. The van der Waals surface area contributed by atoms with E-state index >= 15 is 0 Å². The lowest BCUT2D eigenvalue weighted by Crippen LogP contribution is -2.49. The summed E-state index contributed by atoms with van der Waals surface area (Å²) in [4.78, 5) is 0. The molecule has 32 heavy (non-hydrogen) atoms. The van der Waals surface area contributed by atoms with Crippen LogP contribution in [0.2, 0.25) is 0 Å². The Labute approximate surface area is 186 Å². The van der Waals surface area contributed by atoms with Gasteiger partial charge >= 0.3 is 6.18 Å². The quantitative estimate of drug-likeness (QED) is 0.543. The van der Waals surface area contributed by atoms with Crippen LogP contribution in [0, 0.1) is 17.3 Å². The molecule has 0 radical (unpaired) electrons. The van der Waals surface area contributed by atoms with E-state index in [0.717, 1.165) is 44.2 Å². The van der Waals surface area contributed by atoms with Crippen LogP contribution < -0.4 is 0 Å². The minimum Gasteiger partial charge on any atom is -0.508 e. The van der Waals surface area contributed by atoms with Crippen molar-refractivity contribution in [2.75, 3.05) is 0 Å². The predicted molar refractivity (Wildman–Crippen MR) is 118 cm³/mol. The number of phenols is 1. The maximum Gasteiger partial charge on any atom is 0.416 e. The van der Waals surface area contributed by atoms with Crippen molar-refractivity contribution in [3.63, 3.8) is 0 Å². The standard InChI is InChI=1S/C27H29F3O2/c1-25-13-11-22-21-9-7-20(31)16-18(21)4-8-23(22)24(25)12-15-26(25,32)14-10-17-2-5-19(6-3-17)27(28,29)30/h2-3,5-7,9-10,14,16,22-24,31-32H,4,8,11-13,15H2,1H3/t22-,23-,24+,25+,26-/m1/s1. The van der Waals surface area contributed by atoms with Crippen LogP contribution in [-0.4, -0.2) is 15.8 Å². The number of rotatable bonds is 2. The molecule has 0 bridgehead atoms. The molecule has 0 spiro atoms. The number of halogens is 3. The fourth-order valence-electron chi connectivity index (χ4n) is 6.91. The Balaban J connectivity index is 1.38. The summed E-state index contributed by atoms with van der Waals surface area (Å²) < 4.78 is 38.5. The van der Waals surface area contributed by atoms with Crippen molar-refractivity contribution >= 4 is 6.08 Å². The lowest BCUT2D eigenvalue weighted by atomic mass is 9.53. The van der Waals surface area contributed by atoms with E-state index in [4.69, 9.17) is 0 Å². The van der Waals surface area contributed by atoms with Gasteiger partial charge in [0.05, 0.1) is 11.2 Å². The number of phenolic OH excluding ortho intramolecular Hbond substituents is 1. The van der Waals surface area contributed by atoms with Crippen molar-refractivity contribution in [1.29, 1.82) is 0 Å². The molecular formula is C27H29F3O2. The third-order valence-corrected chi connectivity index (χ3v) is 8.71. The average Bonchev–Trinajstić information content (AvgIpc) is 3.03. The topological polar surface area (TPSA) is 40.5 Å². The highest BCUT2D eigenvalue weighted by molar-refractivity contribution is 5.52. The van der Waals surface area contributed by atoms with Gasteiger partial charge in [0.1, 0.15) is 5.75 Å². The Bertz CT molecular complexity index is 1040. The summed E-state index contributed by atoms with van der Waals surface area (Å²) in [5.41, 5.74) is 1.41. The smallest absolute Gasteiger partial charge is 0.416 e. The minimum absolute atomic E-state index is 0.245. The number of benzene rings is 2. The zero-order chi connectivity index (χ0) is 22.7. The summed E-state index contributed by atoms with van der Waals surface area (Å²) in [5, 5.41) is 21.6. The third-order valence-electron chi connectivity index (χ3n) is 8.71. The fourth-order valence-corrected chi connectivity index (χ4v) is 6.91. The van der Waals surface area contributed by atoms with Gasteiger partial charge in [0, 0.05) is 5.41 Å². The third kappa shape index (κ3) is 3.37. The first-order valence-electron chi connectivity index (χ1n) is 11.5. The molecule has 170 valence electrons. The lowest BCUT2D eigenvalue weighted by molar-refractivity contribution is -0.137. The molecule has 5 atom stereocenters. The van der Waals surface area contributed by atoms with Gasteiger partial charge in [-0.25, -0.2) is 0 Å². The minimum atomic E-state index is -4.34. The van der Waals surface area contributed by atoms with E-state index < -0.39 is 17.3 Å². The lowest BCUT2D eigenvalue weighted by Gasteiger charge is -2.52. The van der Waals surface area contributed by atoms with E-state index in [9.17, 15) is 23.4 Å². The molecule has 2 aromatic carbocycles. The van der Waals surface area contributed by atoms with Crippen molar-refractivity contribution in [3.8, 4) is 5.75 Å². The second-order valence-corrected chi connectivity index (χ2v) is 10.2. The molecule has 0 aliphatic heterocycles. The Morgan fingerprint density at radius 2 is 1.75 bits per heavy atom. The van der Waals surface area contributed by atoms with Gasteiger partial charge in [0.15, 0.2) is 0 Å². The van der Waals surface area contributed by atoms with Gasteiger partial charge in [-0.2, -0.15) is 13.2 Å². The highest BCUT2D eigenvalue weighted by atomic mass is 19.4. The molecule has 3 aliphatic carbocycles. The molecule has 3 aliphatic rings. The number of aryl methyl sites for hydroxylation is 1. The number of fused-ring (bicyclic) bond motifs is 5. The SMILES string of the molecule is C[C@]12CC[C@@H]3c4ccc(O)cc4CC[C@H]3[C@@H]1CC[C@]2(O)C=Cc1ccc(C(F)(F)F)cc1. The van der Waals surface area contributed by atoms with Crippen LogP contribution >= 0.6 is 0 Å². The predicted octanol–water partition coefficient (Wildman–Crippen LogP) is 6.71. The molecule has 2 nitrogen and oxygen atoms in total. The number of hydrogen-bond acceptors (Lipinski definition) is 2. The first kappa shape index (κ1) is 21.6. The van der Waals surface area contributed by atoms with Crippen molar-refractivity contribution in [3.05, 3.63) is 70.8 Å². The van der Waals surface area contributed by atoms with E-state index in [1.54, 1.807) is 12.1 Å². The van der Waals surface area contributed by atoms with Gasteiger partial charge < -0.3 is 10.2 Å². The van der Waals surface area contributed by atoms with Crippen LogP contribution in [0.25, 0.3) is 6.08 Å². The largest absolute Gasteiger partial charge is 0.508 e. The van der Waals surface area contributed by atoms with Gasteiger partial charge in [-0.15, -0.1) is 0 Å². The fraction of sp³-hybridized carbons (Fsp3) is 0.481. The van der Waals surface area contributed by atoms with Gasteiger partial charge in [0.2, 0.25) is 0 Å². The van der Waals surface area contributed by atoms with Gasteiger partial charge in [-0.3, -0.25) is 0 Å². The molecule has 5 heteroatoms. The van der Waals surface area contributed by atoms with Crippen LogP contribution in [0.5, 0.6) is 5.75 Å². The molecule has 2 fully saturated rings. The van der Waals surface area contributed by atoms with Gasteiger partial charge in [-0.05, 0) is 97.2 Å². The number of hydrogen-bond donors (Lipinski definition) is 2. The summed E-state index contributed by atoms with van der Waals surface area (Å²) >= 11 is 0. The molecule has 0 saturated heterocycles. The van der Waals surface area contributed by atoms with E-state index in [1.165, 1.54) is 23.3 Å². The Kier molecular flexibility index (Phi) is 4.97. The maximum absolute atomic E-state index is 12.8. The zero-order valence-corrected chi connectivity index (χ0v) is 18.2. The highest BCUT2D eigenvalue weighted by Gasteiger charge is 2.60. The molecule has 2 saturated carbocycles. The molecule has 0 amide bonds. The van der Waals surface area contributed by atoms with E-state index in [-0.39, 0.29) is 5.41 Å². The average molecular weight is 443 g/mol. The normalized spacial score (nSPS) is 34.2. The second-order valence-electron chi connectivity index (χ2n) is 10.2. The summed E-state index contributed by atoms with van der Waals surface area (Å²) in [6.07, 6.45) is 4.85. The Morgan fingerprint density at radius 1 is 1.00 bits per heavy atom. The van der Waals surface area contributed by atoms with E-state index in [1.807, 2.05) is 12.1 Å². The van der Waals surface area contributed by atoms with E-state index in [0.29, 0.717) is 35.5 Å². The van der Waals surface area contributed by atoms with Gasteiger partial charge in [0.25, 0.3) is 0 Å². The zero-order valence-electron chi connectivity index (χ0n) is 18.2. The van der Waals surface area contributed by atoms with Crippen LogP contribution in [0.3, 0.4) is 0 Å². The second kappa shape index (κ2) is 7.38. The van der Waals surface area contributed by atoms with Crippen molar-refractivity contribution < 1.29 is 23.4 Å². The van der Waals surface area contributed by atoms with Crippen molar-refractivity contribution in [1.82, 2.24) is 0 Å². The first-order chi connectivity index (χ1) is 15.1. The van der Waals surface area contributed by atoms with Crippen LogP contribution in [-0.2, 0) is 12.6 Å². The highest BCUT2D eigenvalue weighted by Crippen LogP contribution is 2.64. The number of alkyl halides is 3. The molecule has 2 aromatic rings. The monoisotopic (exact) mass is 442 g/mol. The number of aliphatic hydroxyl groups is 1. The van der Waals surface area contributed by atoms with Crippen LogP contribution in [0.4, 0.5) is 13.2 Å². The summed E-state index contributed by atoms with van der Waals surface area (Å²) in [6.45, 7) is 2.20. The van der Waals surface area contributed by atoms with Gasteiger partial charge in [-0.1, -0.05) is 37.3 Å². The van der Waals surface area contributed by atoms with E-state index in [2.05, 4.69) is 13.0 Å². The van der Waals surface area contributed by atoms with Crippen molar-refractivity contribution in [2.24, 2.45) is 17.3 Å². The Hall–Kier alpha value is -2.27. The summed E-state index contributed by atoms with van der Waals surface area (Å²) in [6, 6.07) is 10.9. The molecule has 0 heterocycles. The summed E-state index contributed by atoms with van der Waals surface area (Å²) in [7, 11) is 0. The van der Waals surface area contributed by atoms with Crippen LogP contribution in [0.1, 0.15) is 67.2 Å². The van der Waals surface area contributed by atoms with Crippen molar-refractivity contribution in [2.45, 2.75) is 63.1 Å². The maximum atomic E-state index is 12.8. The molecule has 0 aromatic heterocycles. The molecule has 0 unspecified atom stereocenters. The van der Waals surface area contributed by atoms with Crippen LogP contribution in [0.15, 0.2) is 48.5 Å².